The Bertz CT molecular complexity index is 512. The highest BCUT2D eigenvalue weighted by molar-refractivity contribution is 6.17. The summed E-state index contributed by atoms with van der Waals surface area (Å²) in [6.45, 7) is 1.85. The average Bonchev–Trinajstić information content (AvgIpc) is 2.37. The largest absolute Gasteiger partial charge is 0.466 e. The minimum absolute atomic E-state index is 0.0266. The van der Waals surface area contributed by atoms with Crippen molar-refractivity contribution >= 4 is 17.6 Å². The van der Waals surface area contributed by atoms with E-state index in [1.165, 1.54) is 6.07 Å². The van der Waals surface area contributed by atoms with Crippen molar-refractivity contribution in [2.24, 2.45) is 0 Å². The van der Waals surface area contributed by atoms with E-state index in [1.807, 2.05) is 6.07 Å². The van der Waals surface area contributed by atoms with Crippen molar-refractivity contribution in [1.29, 1.82) is 5.26 Å². The Hall–Kier alpha value is -1.67. The van der Waals surface area contributed by atoms with E-state index >= 15 is 0 Å². The van der Waals surface area contributed by atoms with Crippen LogP contribution in [0.5, 0.6) is 0 Å². The predicted molar refractivity (Wildman–Crippen MR) is 66.0 cm³/mol. The van der Waals surface area contributed by atoms with Crippen molar-refractivity contribution in [3.05, 3.63) is 34.4 Å². The van der Waals surface area contributed by atoms with Gasteiger partial charge in [0.2, 0.25) is 0 Å². The number of benzene rings is 1. The summed E-state index contributed by atoms with van der Waals surface area (Å²) in [5.41, 5.74) is 0.459. The molecular formula is C13H12ClF2NO2. The van der Waals surface area contributed by atoms with Gasteiger partial charge >= 0.3 is 5.97 Å². The summed E-state index contributed by atoms with van der Waals surface area (Å²) in [7, 11) is 0. The molecule has 0 heterocycles. The van der Waals surface area contributed by atoms with Crippen LogP contribution in [0.25, 0.3) is 0 Å². The number of nitrogens with zero attached hydrogens (tertiary/aromatic N) is 1. The van der Waals surface area contributed by atoms with Gasteiger partial charge in [0.05, 0.1) is 24.7 Å². The summed E-state index contributed by atoms with van der Waals surface area (Å²) in [4.78, 5) is 11.4. The van der Waals surface area contributed by atoms with E-state index in [1.54, 1.807) is 6.92 Å². The van der Waals surface area contributed by atoms with Gasteiger partial charge in [0.25, 0.3) is 6.43 Å². The molecule has 0 aliphatic rings. The molecule has 1 aromatic carbocycles. The zero-order chi connectivity index (χ0) is 14.4. The predicted octanol–water partition coefficient (Wildman–Crippen LogP) is 3.34. The molecule has 3 nitrogen and oxygen atoms in total. The third kappa shape index (κ3) is 3.90. The Balaban J connectivity index is 3.23. The molecule has 0 atom stereocenters. The van der Waals surface area contributed by atoms with E-state index in [9.17, 15) is 13.6 Å². The highest BCUT2D eigenvalue weighted by atomic mass is 35.5. The van der Waals surface area contributed by atoms with Crippen LogP contribution >= 0.6 is 11.6 Å². The van der Waals surface area contributed by atoms with Crippen molar-refractivity contribution in [3.8, 4) is 6.07 Å². The lowest BCUT2D eigenvalue weighted by Crippen LogP contribution is -2.10. The number of nitriles is 1. The second-order valence-corrected chi connectivity index (χ2v) is 4.00. The molecule has 0 saturated carbocycles. The Labute approximate surface area is 114 Å². The number of hydrogen-bond acceptors (Lipinski definition) is 3. The third-order valence-corrected chi connectivity index (χ3v) is 2.78. The van der Waals surface area contributed by atoms with E-state index in [2.05, 4.69) is 0 Å². The van der Waals surface area contributed by atoms with Crippen LogP contribution in [0, 0.1) is 11.3 Å². The highest BCUT2D eigenvalue weighted by Gasteiger charge is 2.17. The third-order valence-electron chi connectivity index (χ3n) is 2.51. The Morgan fingerprint density at radius 3 is 2.68 bits per heavy atom. The summed E-state index contributed by atoms with van der Waals surface area (Å²) >= 11 is 5.72. The molecule has 1 rings (SSSR count). The fourth-order valence-corrected chi connectivity index (χ4v) is 1.98. The SMILES string of the molecule is CCOC(=O)Cc1cc(C(F)F)cc(C#N)c1CCl. The van der Waals surface area contributed by atoms with Gasteiger partial charge in [0.1, 0.15) is 0 Å². The molecular weight excluding hydrogens is 276 g/mol. The van der Waals surface area contributed by atoms with Gasteiger partial charge in [0.15, 0.2) is 0 Å². The minimum atomic E-state index is -2.71. The lowest BCUT2D eigenvalue weighted by molar-refractivity contribution is -0.142. The molecule has 0 aliphatic heterocycles. The van der Waals surface area contributed by atoms with E-state index in [-0.39, 0.29) is 30.0 Å². The first-order chi connectivity index (χ1) is 9.03. The monoisotopic (exact) mass is 287 g/mol. The van der Waals surface area contributed by atoms with Crippen molar-refractivity contribution in [2.75, 3.05) is 6.61 Å². The van der Waals surface area contributed by atoms with E-state index < -0.39 is 12.4 Å². The van der Waals surface area contributed by atoms with Gasteiger partial charge in [-0.15, -0.1) is 11.6 Å². The zero-order valence-electron chi connectivity index (χ0n) is 10.3. The van der Waals surface area contributed by atoms with Gasteiger partial charge in [0, 0.05) is 11.4 Å². The number of carbonyl (C=O) groups excluding carboxylic acids is 1. The summed E-state index contributed by atoms with van der Waals surface area (Å²) in [5.74, 6) is -0.564. The molecule has 0 aromatic heterocycles. The normalized spacial score (nSPS) is 10.3. The standard InChI is InChI=1S/C13H12ClF2NO2/c1-2-19-12(18)5-8-3-9(13(15)16)4-10(7-17)11(8)6-14/h3-4,13H,2,5-6H2,1H3. The van der Waals surface area contributed by atoms with E-state index in [0.29, 0.717) is 11.1 Å². The Morgan fingerprint density at radius 1 is 1.53 bits per heavy atom. The average molecular weight is 288 g/mol. The van der Waals surface area contributed by atoms with Gasteiger partial charge < -0.3 is 4.74 Å². The minimum Gasteiger partial charge on any atom is -0.466 e. The van der Waals surface area contributed by atoms with Gasteiger partial charge in [-0.1, -0.05) is 0 Å². The number of halogens is 3. The fourth-order valence-electron chi connectivity index (χ4n) is 1.67. The van der Waals surface area contributed by atoms with Crippen molar-refractivity contribution in [3.63, 3.8) is 0 Å². The second kappa shape index (κ2) is 7.05. The molecule has 102 valence electrons. The van der Waals surface area contributed by atoms with Crippen molar-refractivity contribution in [1.82, 2.24) is 0 Å². The Morgan fingerprint density at radius 2 is 2.21 bits per heavy atom. The van der Waals surface area contributed by atoms with Gasteiger partial charge in [-0.3, -0.25) is 4.79 Å². The van der Waals surface area contributed by atoms with Crippen LogP contribution in [0.2, 0.25) is 0 Å². The zero-order valence-corrected chi connectivity index (χ0v) is 11.0. The Kier molecular flexibility index (Phi) is 5.71. The molecule has 0 spiro atoms. The van der Waals surface area contributed by atoms with Crippen molar-refractivity contribution in [2.45, 2.75) is 25.7 Å². The molecule has 0 amide bonds. The van der Waals surface area contributed by atoms with E-state index in [0.717, 1.165) is 6.07 Å². The van der Waals surface area contributed by atoms with Crippen LogP contribution < -0.4 is 0 Å². The number of rotatable bonds is 5. The number of ether oxygens (including phenoxy) is 1. The maximum atomic E-state index is 12.7. The van der Waals surface area contributed by atoms with Gasteiger partial charge in [-0.2, -0.15) is 5.26 Å². The van der Waals surface area contributed by atoms with Crippen LogP contribution in [0.1, 0.15) is 35.6 Å². The molecule has 0 saturated heterocycles. The van der Waals surface area contributed by atoms with Crippen LogP contribution in [-0.2, 0) is 21.8 Å². The number of alkyl halides is 3. The maximum Gasteiger partial charge on any atom is 0.310 e. The van der Waals surface area contributed by atoms with Crippen molar-refractivity contribution < 1.29 is 18.3 Å². The highest BCUT2D eigenvalue weighted by Crippen LogP contribution is 2.26. The molecule has 0 aliphatic carbocycles. The first-order valence-corrected chi connectivity index (χ1v) is 6.12. The molecule has 0 N–H and O–H groups in total. The molecule has 0 unspecified atom stereocenters. The van der Waals surface area contributed by atoms with E-state index in [4.69, 9.17) is 21.6 Å². The van der Waals surface area contributed by atoms with Crippen LogP contribution in [-0.4, -0.2) is 12.6 Å². The number of carbonyl (C=O) groups is 1. The summed E-state index contributed by atoms with van der Waals surface area (Å²) < 4.78 is 30.2. The molecule has 1 aromatic rings. The topological polar surface area (TPSA) is 50.1 Å². The van der Waals surface area contributed by atoms with Crippen LogP contribution in [0.4, 0.5) is 8.78 Å². The smallest absolute Gasteiger partial charge is 0.310 e. The number of hydrogen-bond donors (Lipinski definition) is 0. The lowest BCUT2D eigenvalue weighted by Gasteiger charge is -2.11. The maximum absolute atomic E-state index is 12.7. The van der Waals surface area contributed by atoms with Gasteiger partial charge in [-0.25, -0.2) is 8.78 Å². The molecule has 0 bridgehead atoms. The second-order valence-electron chi connectivity index (χ2n) is 3.73. The summed E-state index contributed by atoms with van der Waals surface area (Å²) in [5, 5.41) is 8.95. The molecule has 0 fully saturated rings. The molecule has 6 heteroatoms. The molecule has 0 radical (unpaired) electrons. The first-order valence-electron chi connectivity index (χ1n) is 5.59. The fraction of sp³-hybridized carbons (Fsp3) is 0.385. The summed E-state index contributed by atoms with van der Waals surface area (Å²) in [6.07, 6.45) is -2.89. The van der Waals surface area contributed by atoms with Crippen LogP contribution in [0.15, 0.2) is 12.1 Å². The van der Waals surface area contributed by atoms with Crippen LogP contribution in [0.3, 0.4) is 0 Å². The molecule has 19 heavy (non-hydrogen) atoms. The summed E-state index contributed by atoms with van der Waals surface area (Å²) in [6, 6.07) is 4.11. The first kappa shape index (κ1) is 15.4. The van der Waals surface area contributed by atoms with Gasteiger partial charge in [-0.05, 0) is 30.2 Å². The lowest BCUT2D eigenvalue weighted by atomic mass is 9.97. The quantitative estimate of drug-likeness (QED) is 0.616. The number of esters is 1.